The summed E-state index contributed by atoms with van der Waals surface area (Å²) >= 11 is 3.97. The molecule has 0 aromatic carbocycles. The minimum absolute atomic E-state index is 0.0685. The van der Waals surface area contributed by atoms with Crippen molar-refractivity contribution < 1.29 is 0 Å². The van der Waals surface area contributed by atoms with E-state index in [2.05, 4.69) is 17.6 Å². The van der Waals surface area contributed by atoms with Crippen LogP contribution in [0.1, 0.15) is 11.3 Å². The highest BCUT2D eigenvalue weighted by Crippen LogP contribution is 2.07. The van der Waals surface area contributed by atoms with Gasteiger partial charge in [0.05, 0.1) is 0 Å². The fraction of sp³-hybridized carbons (Fsp3) is 0.143. The summed E-state index contributed by atoms with van der Waals surface area (Å²) in [6.07, 6.45) is 0. The molecule has 0 saturated heterocycles. The van der Waals surface area contributed by atoms with Gasteiger partial charge in [-0.1, -0.05) is 0 Å². The molecule has 1 N–H and O–H groups in total. The molecule has 0 amide bonds. The molecule has 0 unspecified atom stereocenters. The second-order valence-corrected chi connectivity index (χ2v) is 2.64. The van der Waals surface area contributed by atoms with Crippen LogP contribution in [0.25, 0.3) is 0 Å². The van der Waals surface area contributed by atoms with Crippen LogP contribution in [0.5, 0.6) is 0 Å². The first-order chi connectivity index (χ1) is 5.15. The molecule has 0 bridgehead atoms. The van der Waals surface area contributed by atoms with E-state index in [9.17, 15) is 4.79 Å². The number of aromatic nitrogens is 1. The molecule has 0 fully saturated rings. The Morgan fingerprint density at radius 3 is 2.82 bits per heavy atom. The van der Waals surface area contributed by atoms with Crippen LogP contribution in [0.3, 0.4) is 0 Å². The van der Waals surface area contributed by atoms with Crippen LogP contribution in [-0.2, 0) is 0 Å². The predicted molar refractivity (Wildman–Crippen MR) is 43.8 cm³/mol. The Balaban J connectivity index is 3.53. The van der Waals surface area contributed by atoms with Crippen molar-refractivity contribution in [1.82, 2.24) is 4.98 Å². The summed E-state index contributed by atoms with van der Waals surface area (Å²) < 4.78 is 0. The van der Waals surface area contributed by atoms with Crippen molar-refractivity contribution in [1.29, 1.82) is 5.26 Å². The van der Waals surface area contributed by atoms with Gasteiger partial charge >= 0.3 is 0 Å². The number of nitrogens with zero attached hydrogens (tertiary/aromatic N) is 1. The van der Waals surface area contributed by atoms with Crippen LogP contribution < -0.4 is 5.56 Å². The smallest absolute Gasteiger partial charge is 0.267 e. The fourth-order valence-corrected chi connectivity index (χ4v) is 1.12. The van der Waals surface area contributed by atoms with E-state index in [1.165, 1.54) is 0 Å². The molecule has 0 atom stereocenters. The first kappa shape index (κ1) is 7.89. The highest BCUT2D eigenvalue weighted by atomic mass is 32.1. The average Bonchev–Trinajstić information content (AvgIpc) is 1.85. The molecule has 1 aromatic heterocycles. The number of nitriles is 1. The van der Waals surface area contributed by atoms with Crippen LogP contribution in [0.15, 0.2) is 15.8 Å². The van der Waals surface area contributed by atoms with E-state index in [0.29, 0.717) is 10.6 Å². The van der Waals surface area contributed by atoms with Crippen molar-refractivity contribution in [2.24, 2.45) is 0 Å². The minimum atomic E-state index is -0.377. The van der Waals surface area contributed by atoms with Crippen molar-refractivity contribution >= 4 is 12.6 Å². The number of hydrogen-bond donors (Lipinski definition) is 2. The van der Waals surface area contributed by atoms with E-state index in [4.69, 9.17) is 5.26 Å². The molecule has 0 spiro atoms. The highest BCUT2D eigenvalue weighted by Gasteiger charge is 2.02. The normalized spacial score (nSPS) is 9.18. The lowest BCUT2D eigenvalue weighted by atomic mass is 10.3. The summed E-state index contributed by atoms with van der Waals surface area (Å²) in [7, 11) is 0. The van der Waals surface area contributed by atoms with Gasteiger partial charge in [-0.2, -0.15) is 5.26 Å². The number of aromatic amines is 1. The Morgan fingerprint density at radius 1 is 1.73 bits per heavy atom. The highest BCUT2D eigenvalue weighted by molar-refractivity contribution is 7.80. The van der Waals surface area contributed by atoms with Crippen molar-refractivity contribution in [2.75, 3.05) is 0 Å². The molecule has 0 aliphatic carbocycles. The fourth-order valence-electron chi connectivity index (χ4n) is 0.779. The monoisotopic (exact) mass is 166 g/mol. The molecule has 4 heteroatoms. The van der Waals surface area contributed by atoms with Gasteiger partial charge in [0.1, 0.15) is 11.6 Å². The number of H-pyrrole nitrogens is 1. The third-order valence-electron chi connectivity index (χ3n) is 1.26. The SMILES string of the molecule is Cc1cc(S)c(C#N)c(=O)[nH]1. The largest absolute Gasteiger partial charge is 0.325 e. The number of thiol groups is 1. The van der Waals surface area contributed by atoms with Gasteiger partial charge < -0.3 is 4.98 Å². The first-order valence-electron chi connectivity index (χ1n) is 2.98. The minimum Gasteiger partial charge on any atom is -0.325 e. The topological polar surface area (TPSA) is 56.6 Å². The molecule has 0 aliphatic rings. The summed E-state index contributed by atoms with van der Waals surface area (Å²) in [6, 6.07) is 3.41. The number of nitrogens with one attached hydrogen (secondary N) is 1. The standard InChI is InChI=1S/C7H6N2OS/c1-4-2-6(11)5(3-8)7(10)9-4/h2H,1H3,(H2,9,10,11). The number of pyridine rings is 1. The Kier molecular flexibility index (Phi) is 2.01. The van der Waals surface area contributed by atoms with Gasteiger partial charge in [-0.15, -0.1) is 12.6 Å². The van der Waals surface area contributed by atoms with Gasteiger partial charge in [0, 0.05) is 10.6 Å². The van der Waals surface area contributed by atoms with E-state index in [1.807, 2.05) is 0 Å². The lowest BCUT2D eigenvalue weighted by molar-refractivity contribution is 1.09. The first-order valence-corrected chi connectivity index (χ1v) is 3.43. The molecule has 0 aliphatic heterocycles. The van der Waals surface area contributed by atoms with Crippen LogP contribution >= 0.6 is 12.6 Å². The van der Waals surface area contributed by atoms with Crippen molar-refractivity contribution in [3.05, 3.63) is 27.7 Å². The number of rotatable bonds is 0. The van der Waals surface area contributed by atoms with Gasteiger partial charge in [0.25, 0.3) is 5.56 Å². The maximum absolute atomic E-state index is 11.0. The lowest BCUT2D eigenvalue weighted by Crippen LogP contribution is -2.11. The van der Waals surface area contributed by atoms with Gasteiger partial charge in [-0.25, -0.2) is 0 Å². The third kappa shape index (κ3) is 1.44. The van der Waals surface area contributed by atoms with Gasteiger partial charge in [-0.05, 0) is 13.0 Å². The van der Waals surface area contributed by atoms with Crippen LogP contribution in [0.2, 0.25) is 0 Å². The van der Waals surface area contributed by atoms with Crippen LogP contribution in [0, 0.1) is 18.3 Å². The molecule has 3 nitrogen and oxygen atoms in total. The van der Waals surface area contributed by atoms with E-state index in [-0.39, 0.29) is 11.1 Å². The summed E-state index contributed by atoms with van der Waals surface area (Å²) in [5, 5.41) is 8.47. The number of hydrogen-bond acceptors (Lipinski definition) is 3. The third-order valence-corrected chi connectivity index (χ3v) is 1.61. The van der Waals surface area contributed by atoms with E-state index >= 15 is 0 Å². The summed E-state index contributed by atoms with van der Waals surface area (Å²) in [4.78, 5) is 13.9. The Labute approximate surface area is 69.1 Å². The van der Waals surface area contributed by atoms with Gasteiger partial charge in [0.2, 0.25) is 0 Å². The maximum Gasteiger partial charge on any atom is 0.267 e. The average molecular weight is 166 g/mol. The Morgan fingerprint density at radius 2 is 2.36 bits per heavy atom. The quantitative estimate of drug-likeness (QED) is 0.561. The lowest BCUT2D eigenvalue weighted by Gasteiger charge is -1.95. The molecule has 0 radical (unpaired) electrons. The van der Waals surface area contributed by atoms with Crippen molar-refractivity contribution in [3.63, 3.8) is 0 Å². The molecule has 1 aromatic rings. The molecule has 1 rings (SSSR count). The molecule has 11 heavy (non-hydrogen) atoms. The Hall–Kier alpha value is -1.21. The van der Waals surface area contributed by atoms with Crippen molar-refractivity contribution in [3.8, 4) is 6.07 Å². The molecular weight excluding hydrogens is 160 g/mol. The van der Waals surface area contributed by atoms with Gasteiger partial charge in [-0.3, -0.25) is 4.79 Å². The van der Waals surface area contributed by atoms with Crippen molar-refractivity contribution in [2.45, 2.75) is 11.8 Å². The molecule has 56 valence electrons. The molecule has 1 heterocycles. The second-order valence-electron chi connectivity index (χ2n) is 2.15. The van der Waals surface area contributed by atoms with Crippen LogP contribution in [0.4, 0.5) is 0 Å². The van der Waals surface area contributed by atoms with Gasteiger partial charge in [0.15, 0.2) is 0 Å². The summed E-state index contributed by atoms with van der Waals surface area (Å²) in [5.41, 5.74) is 0.399. The van der Waals surface area contributed by atoms with E-state index < -0.39 is 0 Å². The molecule has 0 saturated carbocycles. The van der Waals surface area contributed by atoms with Crippen LogP contribution in [-0.4, -0.2) is 4.98 Å². The zero-order valence-corrected chi connectivity index (χ0v) is 6.77. The zero-order chi connectivity index (χ0) is 8.43. The molecular formula is C7H6N2OS. The van der Waals surface area contributed by atoms with E-state index in [1.54, 1.807) is 19.1 Å². The maximum atomic E-state index is 11.0. The predicted octanol–water partition coefficient (Wildman–Crippen LogP) is 0.844. The Bertz CT molecular complexity index is 375. The number of aryl methyl sites for hydroxylation is 1. The zero-order valence-electron chi connectivity index (χ0n) is 5.88. The summed E-state index contributed by atoms with van der Waals surface area (Å²) in [5.74, 6) is 0. The summed E-state index contributed by atoms with van der Waals surface area (Å²) in [6.45, 7) is 1.74. The van der Waals surface area contributed by atoms with E-state index in [0.717, 1.165) is 0 Å². The second kappa shape index (κ2) is 2.81.